The highest BCUT2D eigenvalue weighted by atomic mass is 35.5. The van der Waals surface area contributed by atoms with Gasteiger partial charge in [-0.2, -0.15) is 5.10 Å². The monoisotopic (exact) mass is 521 g/mol. The number of nitrogens with one attached hydrogen (secondary N) is 2. The van der Waals surface area contributed by atoms with Crippen molar-refractivity contribution in [2.45, 2.75) is 13.5 Å². The van der Waals surface area contributed by atoms with Crippen molar-refractivity contribution in [2.24, 2.45) is 0 Å². The van der Waals surface area contributed by atoms with Gasteiger partial charge in [-0.25, -0.2) is 9.18 Å². The Kier molecular flexibility index (Phi) is 6.57. The molecule has 0 saturated heterocycles. The Morgan fingerprint density at radius 1 is 1.24 bits per heavy atom. The molecule has 190 valence electrons. The first-order valence-electron chi connectivity index (χ1n) is 11.7. The molecule has 37 heavy (non-hydrogen) atoms. The molecule has 0 atom stereocenters. The molecule has 0 radical (unpaired) electrons. The maximum Gasteiger partial charge on any atom is 0.355 e. The van der Waals surface area contributed by atoms with Crippen molar-refractivity contribution in [3.05, 3.63) is 86.8 Å². The van der Waals surface area contributed by atoms with E-state index in [-0.39, 0.29) is 30.0 Å². The molecular formula is C27H25ClFN5O3. The Morgan fingerprint density at radius 2 is 2.05 bits per heavy atom. The lowest BCUT2D eigenvalue weighted by atomic mass is 10.0. The summed E-state index contributed by atoms with van der Waals surface area (Å²) in [5, 5.41) is 8.80. The summed E-state index contributed by atoms with van der Waals surface area (Å²) in [5.41, 5.74) is 2.76. The molecule has 0 aliphatic carbocycles. The van der Waals surface area contributed by atoms with Crippen LogP contribution in [-0.4, -0.2) is 57.9 Å². The number of aryl methyl sites for hydroxylation is 1. The summed E-state index contributed by atoms with van der Waals surface area (Å²) >= 11 is 6.61. The molecule has 5 rings (SSSR count). The van der Waals surface area contributed by atoms with Gasteiger partial charge in [-0.1, -0.05) is 11.6 Å². The van der Waals surface area contributed by atoms with E-state index in [4.69, 9.17) is 16.3 Å². The third-order valence-electron chi connectivity index (χ3n) is 6.33. The van der Waals surface area contributed by atoms with Gasteiger partial charge in [-0.3, -0.25) is 9.89 Å². The first-order chi connectivity index (χ1) is 17.7. The first-order valence-corrected chi connectivity index (χ1v) is 12.1. The molecule has 8 nitrogen and oxygen atoms in total. The van der Waals surface area contributed by atoms with E-state index >= 15 is 0 Å². The van der Waals surface area contributed by atoms with Gasteiger partial charge in [-0.05, 0) is 68.5 Å². The van der Waals surface area contributed by atoms with Crippen molar-refractivity contribution in [1.29, 1.82) is 0 Å². The van der Waals surface area contributed by atoms with E-state index in [0.29, 0.717) is 39.2 Å². The van der Waals surface area contributed by atoms with Gasteiger partial charge in [0.1, 0.15) is 18.1 Å². The number of aromatic nitrogens is 4. The summed E-state index contributed by atoms with van der Waals surface area (Å²) in [6.07, 6.45) is 3.20. The van der Waals surface area contributed by atoms with Crippen LogP contribution in [-0.2, 0) is 11.3 Å². The highest BCUT2D eigenvalue weighted by Crippen LogP contribution is 2.37. The number of halogens is 2. The van der Waals surface area contributed by atoms with Gasteiger partial charge < -0.3 is 19.2 Å². The van der Waals surface area contributed by atoms with Crippen LogP contribution in [0.1, 0.15) is 21.6 Å². The Balaban J connectivity index is 1.78. The number of ether oxygens (including phenoxy) is 1. The second-order valence-electron chi connectivity index (χ2n) is 9.18. The van der Waals surface area contributed by atoms with Crippen LogP contribution >= 0.6 is 11.6 Å². The van der Waals surface area contributed by atoms with Crippen molar-refractivity contribution in [1.82, 2.24) is 24.6 Å². The maximum atomic E-state index is 14.9. The maximum absolute atomic E-state index is 14.9. The summed E-state index contributed by atoms with van der Waals surface area (Å²) in [6.45, 7) is 2.45. The minimum absolute atomic E-state index is 0.141. The highest BCUT2D eigenvalue weighted by molar-refractivity contribution is 6.32. The fourth-order valence-corrected chi connectivity index (χ4v) is 4.66. The average molecular weight is 522 g/mol. The molecule has 0 bridgehead atoms. The molecule has 5 aromatic rings. The van der Waals surface area contributed by atoms with E-state index in [9.17, 15) is 14.0 Å². The Morgan fingerprint density at radius 3 is 2.81 bits per heavy atom. The van der Waals surface area contributed by atoms with E-state index in [1.54, 1.807) is 42.0 Å². The predicted octanol–water partition coefficient (Wildman–Crippen LogP) is 4.74. The Hall–Kier alpha value is -3.95. The normalized spacial score (nSPS) is 11.6. The lowest BCUT2D eigenvalue weighted by Gasteiger charge is -2.15. The number of nitrogens with zero attached hydrogens (tertiary/aromatic N) is 3. The fourth-order valence-electron chi connectivity index (χ4n) is 4.44. The van der Waals surface area contributed by atoms with Crippen molar-refractivity contribution in [3.8, 4) is 11.1 Å². The SMILES string of the molecule is Cc1cc2c(-c3ccc[nH]c3=O)c(C(=O)OCCN(C)C)n(Cc3cc4cn[nH]c4cc3Cl)c2cc1F. The molecule has 2 N–H and O–H groups in total. The quantitative estimate of drug-likeness (QED) is 0.302. The van der Waals surface area contributed by atoms with Crippen LogP contribution in [0.5, 0.6) is 0 Å². The predicted molar refractivity (Wildman–Crippen MR) is 142 cm³/mol. The topological polar surface area (TPSA) is 96.0 Å². The molecule has 10 heteroatoms. The number of benzene rings is 2. The fraction of sp³-hybridized carbons (Fsp3) is 0.222. The zero-order valence-corrected chi connectivity index (χ0v) is 21.3. The Labute approximate surface area is 216 Å². The van der Waals surface area contributed by atoms with Crippen molar-refractivity contribution >= 4 is 39.4 Å². The molecule has 0 aliphatic rings. The van der Waals surface area contributed by atoms with E-state index in [2.05, 4.69) is 15.2 Å². The minimum atomic E-state index is -0.616. The van der Waals surface area contributed by atoms with E-state index < -0.39 is 11.8 Å². The number of carbonyl (C=O) groups is 1. The molecule has 0 aliphatic heterocycles. The summed E-state index contributed by atoms with van der Waals surface area (Å²) < 4.78 is 22.2. The number of hydrogen-bond donors (Lipinski definition) is 2. The van der Waals surface area contributed by atoms with E-state index in [1.807, 2.05) is 25.1 Å². The van der Waals surface area contributed by atoms with Crippen molar-refractivity contribution in [3.63, 3.8) is 0 Å². The van der Waals surface area contributed by atoms with Crippen molar-refractivity contribution in [2.75, 3.05) is 27.2 Å². The zero-order chi connectivity index (χ0) is 26.3. The molecule has 3 aromatic heterocycles. The largest absolute Gasteiger partial charge is 0.460 e. The number of aromatic amines is 2. The second-order valence-corrected chi connectivity index (χ2v) is 9.59. The average Bonchev–Trinajstić information content (AvgIpc) is 3.42. The van der Waals surface area contributed by atoms with Gasteiger partial charge in [0, 0.05) is 46.2 Å². The van der Waals surface area contributed by atoms with Crippen LogP contribution in [0.3, 0.4) is 0 Å². The van der Waals surface area contributed by atoms with E-state index in [1.165, 1.54) is 12.3 Å². The van der Waals surface area contributed by atoms with Crippen LogP contribution < -0.4 is 5.56 Å². The highest BCUT2D eigenvalue weighted by Gasteiger charge is 2.28. The first kappa shape index (κ1) is 24.7. The molecule has 3 heterocycles. The standard InChI is InChI=1S/C27H25ClFN5O3/c1-15-9-19-23(12-21(15)29)34(14-17-10-16-13-31-32-22(16)11-20(17)28)25(27(36)37-8-7-33(2)3)24(19)18-5-4-6-30-26(18)35/h4-6,9-13H,7-8,14H2,1-3H3,(H,30,35)(H,31,32). The van der Waals surface area contributed by atoms with Gasteiger partial charge >= 0.3 is 5.97 Å². The lowest BCUT2D eigenvalue weighted by molar-refractivity contribution is 0.0471. The molecular weight excluding hydrogens is 497 g/mol. The van der Waals surface area contributed by atoms with Crippen molar-refractivity contribution < 1.29 is 13.9 Å². The number of hydrogen-bond acceptors (Lipinski definition) is 5. The molecule has 2 aromatic carbocycles. The number of pyridine rings is 1. The second kappa shape index (κ2) is 9.84. The van der Waals surface area contributed by atoms with Gasteiger partial charge in [0.15, 0.2) is 0 Å². The number of fused-ring (bicyclic) bond motifs is 2. The zero-order valence-electron chi connectivity index (χ0n) is 20.6. The van der Waals surface area contributed by atoms with Gasteiger partial charge in [-0.15, -0.1) is 0 Å². The summed E-state index contributed by atoms with van der Waals surface area (Å²) in [4.78, 5) is 31.1. The third kappa shape index (κ3) is 4.63. The van der Waals surface area contributed by atoms with Crippen LogP contribution in [0.2, 0.25) is 5.02 Å². The van der Waals surface area contributed by atoms with Gasteiger partial charge in [0.2, 0.25) is 0 Å². The summed E-state index contributed by atoms with van der Waals surface area (Å²) in [6, 6.07) is 9.98. The third-order valence-corrected chi connectivity index (χ3v) is 6.68. The van der Waals surface area contributed by atoms with Gasteiger partial charge in [0.05, 0.1) is 17.2 Å². The molecule has 0 fully saturated rings. The number of carbonyl (C=O) groups excluding carboxylic acids is 1. The molecule has 0 unspecified atom stereocenters. The molecule has 0 saturated carbocycles. The molecule has 0 amide bonds. The minimum Gasteiger partial charge on any atom is -0.460 e. The lowest BCUT2D eigenvalue weighted by Crippen LogP contribution is -2.22. The summed E-state index contributed by atoms with van der Waals surface area (Å²) in [7, 11) is 3.75. The van der Waals surface area contributed by atoms with Crippen LogP contribution in [0, 0.1) is 12.7 Å². The van der Waals surface area contributed by atoms with Crippen LogP contribution in [0.25, 0.3) is 32.9 Å². The Bertz CT molecular complexity index is 1700. The number of esters is 1. The van der Waals surface area contributed by atoms with Crippen LogP contribution in [0.15, 0.2) is 53.6 Å². The number of H-pyrrole nitrogens is 2. The summed E-state index contributed by atoms with van der Waals surface area (Å²) in [5.74, 6) is -1.04. The van der Waals surface area contributed by atoms with E-state index in [0.717, 1.165) is 10.9 Å². The smallest absolute Gasteiger partial charge is 0.355 e. The van der Waals surface area contributed by atoms with Crippen LogP contribution in [0.4, 0.5) is 4.39 Å². The van der Waals surface area contributed by atoms with Gasteiger partial charge in [0.25, 0.3) is 5.56 Å². The number of likely N-dealkylation sites (N-methyl/N-ethyl adjacent to an activating group) is 1. The molecule has 0 spiro atoms. The number of rotatable bonds is 7.